The third-order valence-corrected chi connectivity index (χ3v) is 6.08. The van der Waals surface area contributed by atoms with Gasteiger partial charge in [-0.05, 0) is 79.8 Å². The standard InChI is InChI=1S/C26H24N2O3/c1-15-8-9-20(14-17(15)3)24(29)22-23(19-10-12-27-13-11-19)28(26(31)25(22)30)21-7-5-6-16(2)18(21)4/h5-14,23,29H,1-4H3/b24-22+. The van der Waals surface area contributed by atoms with E-state index in [2.05, 4.69) is 4.98 Å². The first-order chi connectivity index (χ1) is 14.8. The van der Waals surface area contributed by atoms with E-state index in [0.29, 0.717) is 16.8 Å². The molecule has 0 bridgehead atoms. The fraction of sp³-hybridized carbons (Fsp3) is 0.192. The summed E-state index contributed by atoms with van der Waals surface area (Å²) in [6.07, 6.45) is 3.24. The first kappa shape index (κ1) is 20.5. The predicted octanol–water partition coefficient (Wildman–Crippen LogP) is 4.94. The lowest BCUT2D eigenvalue weighted by atomic mass is 9.94. The molecule has 0 spiro atoms. The topological polar surface area (TPSA) is 70.5 Å². The minimum atomic E-state index is -0.745. The van der Waals surface area contributed by atoms with Crippen LogP contribution in [0.1, 0.15) is 39.4 Å². The number of carbonyl (C=O) groups is 2. The molecular weight excluding hydrogens is 388 g/mol. The highest BCUT2D eigenvalue weighted by atomic mass is 16.3. The highest BCUT2D eigenvalue weighted by Crippen LogP contribution is 2.43. The van der Waals surface area contributed by atoms with Gasteiger partial charge in [0.25, 0.3) is 11.7 Å². The Morgan fingerprint density at radius 3 is 2.29 bits per heavy atom. The number of hydrogen-bond acceptors (Lipinski definition) is 4. The summed E-state index contributed by atoms with van der Waals surface area (Å²) in [6.45, 7) is 7.82. The zero-order valence-electron chi connectivity index (χ0n) is 18.0. The zero-order chi connectivity index (χ0) is 22.3. The molecule has 1 fully saturated rings. The van der Waals surface area contributed by atoms with Gasteiger partial charge in [-0.2, -0.15) is 0 Å². The van der Waals surface area contributed by atoms with Crippen molar-refractivity contribution in [3.8, 4) is 0 Å². The number of nitrogens with zero attached hydrogens (tertiary/aromatic N) is 2. The molecule has 5 nitrogen and oxygen atoms in total. The van der Waals surface area contributed by atoms with E-state index in [0.717, 1.165) is 22.3 Å². The Kier molecular flexibility index (Phi) is 5.19. The molecule has 0 radical (unpaired) electrons. The number of anilines is 1. The van der Waals surface area contributed by atoms with Crippen molar-refractivity contribution in [1.29, 1.82) is 0 Å². The van der Waals surface area contributed by atoms with E-state index < -0.39 is 17.7 Å². The van der Waals surface area contributed by atoms with E-state index in [1.165, 1.54) is 4.90 Å². The van der Waals surface area contributed by atoms with Gasteiger partial charge < -0.3 is 5.11 Å². The van der Waals surface area contributed by atoms with Crippen LogP contribution in [-0.2, 0) is 9.59 Å². The number of carbonyl (C=O) groups excluding carboxylic acids is 2. The summed E-state index contributed by atoms with van der Waals surface area (Å²) in [5, 5.41) is 11.2. The summed E-state index contributed by atoms with van der Waals surface area (Å²) in [5.41, 5.74) is 5.97. The monoisotopic (exact) mass is 412 g/mol. The minimum absolute atomic E-state index is 0.0837. The number of pyridine rings is 1. The molecular formula is C26H24N2O3. The van der Waals surface area contributed by atoms with Crippen molar-refractivity contribution in [3.05, 3.63) is 99.9 Å². The Labute approximate surface area is 181 Å². The van der Waals surface area contributed by atoms with Crippen molar-refractivity contribution in [2.75, 3.05) is 4.90 Å². The Morgan fingerprint density at radius 2 is 1.61 bits per heavy atom. The third-order valence-electron chi connectivity index (χ3n) is 6.08. The van der Waals surface area contributed by atoms with Crippen molar-refractivity contribution >= 4 is 23.1 Å². The van der Waals surface area contributed by atoms with Crippen LogP contribution in [0.5, 0.6) is 0 Å². The summed E-state index contributed by atoms with van der Waals surface area (Å²) in [6, 6.07) is 13.9. The highest BCUT2D eigenvalue weighted by Gasteiger charge is 2.47. The van der Waals surface area contributed by atoms with Crippen LogP contribution in [0.3, 0.4) is 0 Å². The van der Waals surface area contributed by atoms with Crippen molar-refractivity contribution in [3.63, 3.8) is 0 Å². The Balaban J connectivity index is 1.98. The predicted molar refractivity (Wildman–Crippen MR) is 121 cm³/mol. The largest absolute Gasteiger partial charge is 0.507 e. The van der Waals surface area contributed by atoms with Crippen molar-refractivity contribution in [2.24, 2.45) is 0 Å². The van der Waals surface area contributed by atoms with E-state index in [1.807, 2.05) is 58.0 Å². The summed E-state index contributed by atoms with van der Waals surface area (Å²) in [5.74, 6) is -1.52. The molecule has 1 atom stereocenters. The van der Waals surface area contributed by atoms with Gasteiger partial charge in [0.05, 0.1) is 11.6 Å². The van der Waals surface area contributed by atoms with Gasteiger partial charge in [-0.15, -0.1) is 0 Å². The van der Waals surface area contributed by atoms with Gasteiger partial charge in [0.1, 0.15) is 5.76 Å². The second-order valence-corrected chi connectivity index (χ2v) is 7.97. The van der Waals surface area contributed by atoms with E-state index >= 15 is 0 Å². The molecule has 1 N–H and O–H groups in total. The smallest absolute Gasteiger partial charge is 0.300 e. The Bertz CT molecular complexity index is 1230. The Morgan fingerprint density at radius 1 is 0.903 bits per heavy atom. The van der Waals surface area contributed by atoms with Crippen LogP contribution in [0.4, 0.5) is 5.69 Å². The van der Waals surface area contributed by atoms with Crippen LogP contribution in [-0.4, -0.2) is 21.8 Å². The molecule has 2 heterocycles. The van der Waals surface area contributed by atoms with Gasteiger partial charge in [-0.25, -0.2) is 0 Å². The van der Waals surface area contributed by atoms with E-state index in [1.54, 1.807) is 30.6 Å². The number of ketones is 1. The number of aliphatic hydroxyl groups excluding tert-OH is 1. The number of benzene rings is 2. The molecule has 1 saturated heterocycles. The summed E-state index contributed by atoms with van der Waals surface area (Å²) < 4.78 is 0. The maximum Gasteiger partial charge on any atom is 0.300 e. The van der Waals surface area contributed by atoms with Gasteiger partial charge >= 0.3 is 0 Å². The molecule has 0 aliphatic carbocycles. The fourth-order valence-corrected chi connectivity index (χ4v) is 3.98. The van der Waals surface area contributed by atoms with Crippen LogP contribution in [0.15, 0.2) is 66.5 Å². The lowest BCUT2D eigenvalue weighted by Gasteiger charge is -2.27. The highest BCUT2D eigenvalue weighted by molar-refractivity contribution is 6.51. The molecule has 5 heteroatoms. The van der Waals surface area contributed by atoms with Crippen molar-refractivity contribution in [1.82, 2.24) is 4.98 Å². The van der Waals surface area contributed by atoms with Crippen LogP contribution >= 0.6 is 0 Å². The van der Waals surface area contributed by atoms with Gasteiger partial charge in [0.15, 0.2) is 0 Å². The van der Waals surface area contributed by atoms with Crippen LogP contribution in [0, 0.1) is 27.7 Å². The average molecular weight is 412 g/mol. The molecule has 1 aromatic heterocycles. The quantitative estimate of drug-likeness (QED) is 0.376. The SMILES string of the molecule is Cc1ccc(/C(O)=C2\C(=O)C(=O)N(c3cccc(C)c3C)C2c2ccncc2)cc1C. The molecule has 3 aromatic rings. The fourth-order valence-electron chi connectivity index (χ4n) is 3.98. The molecule has 1 aliphatic rings. The molecule has 1 unspecified atom stereocenters. The summed E-state index contributed by atoms with van der Waals surface area (Å²) >= 11 is 0. The summed E-state index contributed by atoms with van der Waals surface area (Å²) in [7, 11) is 0. The molecule has 156 valence electrons. The summed E-state index contributed by atoms with van der Waals surface area (Å²) in [4.78, 5) is 32.0. The number of rotatable bonds is 3. The molecule has 31 heavy (non-hydrogen) atoms. The second kappa shape index (κ2) is 7.84. The zero-order valence-corrected chi connectivity index (χ0v) is 18.0. The lowest BCUT2D eigenvalue weighted by Crippen LogP contribution is -2.30. The van der Waals surface area contributed by atoms with Gasteiger partial charge in [-0.3, -0.25) is 19.5 Å². The van der Waals surface area contributed by atoms with E-state index in [9.17, 15) is 14.7 Å². The second-order valence-electron chi connectivity index (χ2n) is 7.97. The van der Waals surface area contributed by atoms with Crippen molar-refractivity contribution < 1.29 is 14.7 Å². The normalized spacial score (nSPS) is 17.9. The molecule has 2 aromatic carbocycles. The molecule has 0 saturated carbocycles. The third kappa shape index (κ3) is 3.42. The lowest BCUT2D eigenvalue weighted by molar-refractivity contribution is -0.132. The maximum absolute atomic E-state index is 13.2. The number of aliphatic hydroxyl groups is 1. The maximum atomic E-state index is 13.2. The average Bonchev–Trinajstić information content (AvgIpc) is 3.03. The molecule has 1 amide bonds. The number of aromatic nitrogens is 1. The number of amides is 1. The first-order valence-electron chi connectivity index (χ1n) is 10.2. The molecule has 1 aliphatic heterocycles. The van der Waals surface area contributed by atoms with Crippen molar-refractivity contribution in [2.45, 2.75) is 33.7 Å². The van der Waals surface area contributed by atoms with E-state index in [4.69, 9.17) is 0 Å². The van der Waals surface area contributed by atoms with Crippen LogP contribution in [0.2, 0.25) is 0 Å². The van der Waals surface area contributed by atoms with Gasteiger partial charge in [0, 0.05) is 23.6 Å². The van der Waals surface area contributed by atoms with Crippen LogP contribution in [0.25, 0.3) is 5.76 Å². The van der Waals surface area contributed by atoms with Gasteiger partial charge in [-0.1, -0.05) is 24.3 Å². The van der Waals surface area contributed by atoms with Crippen LogP contribution < -0.4 is 4.90 Å². The van der Waals surface area contributed by atoms with Gasteiger partial charge in [0.2, 0.25) is 0 Å². The first-order valence-corrected chi connectivity index (χ1v) is 10.2. The number of hydrogen-bond donors (Lipinski definition) is 1. The Hall–Kier alpha value is -3.73. The molecule has 4 rings (SSSR count). The number of Topliss-reactive ketones (excluding diaryl/α,β-unsaturated/α-hetero) is 1. The van der Waals surface area contributed by atoms with E-state index in [-0.39, 0.29) is 11.3 Å². The minimum Gasteiger partial charge on any atom is -0.507 e. The number of aryl methyl sites for hydroxylation is 3.